The molecule has 3 heterocycles. The van der Waals surface area contributed by atoms with E-state index < -0.39 is 0 Å². The van der Waals surface area contributed by atoms with Crippen molar-refractivity contribution in [1.82, 2.24) is 10.2 Å². The van der Waals surface area contributed by atoms with Crippen LogP contribution in [-0.2, 0) is 30.5 Å². The van der Waals surface area contributed by atoms with E-state index in [4.69, 9.17) is 42.6 Å². The van der Waals surface area contributed by atoms with Crippen molar-refractivity contribution in [3.8, 4) is 51.7 Å². The Hall–Kier alpha value is -5.75. The number of ether oxygens (including phenoxy) is 9. The molecule has 3 aliphatic heterocycles. The Bertz CT molecular complexity index is 2150. The number of nitrogens with one attached hydrogen (secondary N) is 1. The topological polar surface area (TPSA) is 115 Å². The van der Waals surface area contributed by atoms with Crippen molar-refractivity contribution < 1.29 is 47.4 Å². The van der Waals surface area contributed by atoms with E-state index >= 15 is 0 Å². The van der Waals surface area contributed by atoms with Gasteiger partial charge in [0.15, 0.2) is 52.3 Å². The fourth-order valence-corrected chi connectivity index (χ4v) is 8.20. The number of methoxy groups -OCH3 is 7. The number of carbonyl (C=O) groups is 1. The van der Waals surface area contributed by atoms with Gasteiger partial charge in [0.25, 0.3) is 0 Å². The smallest absolute Gasteiger partial charge is 0.231 e. The zero-order chi connectivity index (χ0) is 38.8. The second-order valence-corrected chi connectivity index (χ2v) is 13.6. The minimum atomic E-state index is -0.00591. The van der Waals surface area contributed by atoms with Crippen molar-refractivity contribution in [2.24, 2.45) is 0 Å². The minimum absolute atomic E-state index is 0.00591. The van der Waals surface area contributed by atoms with Crippen LogP contribution in [0.1, 0.15) is 50.5 Å². The molecule has 12 heteroatoms. The van der Waals surface area contributed by atoms with Gasteiger partial charge in [-0.25, -0.2) is 0 Å². The lowest BCUT2D eigenvalue weighted by atomic mass is 9.86. The van der Waals surface area contributed by atoms with Crippen LogP contribution in [0.3, 0.4) is 0 Å². The summed E-state index contributed by atoms with van der Waals surface area (Å²) >= 11 is 0. The Labute approximate surface area is 321 Å². The molecule has 0 saturated heterocycles. The highest BCUT2D eigenvalue weighted by Gasteiger charge is 2.33. The molecule has 1 N–H and O–H groups in total. The van der Waals surface area contributed by atoms with Crippen LogP contribution in [0.5, 0.6) is 51.7 Å². The van der Waals surface area contributed by atoms with E-state index in [1.165, 1.54) is 0 Å². The average molecular weight is 753 g/mol. The number of carbonyl (C=O) groups excluding carboxylic acids is 1. The first kappa shape index (κ1) is 37.6. The van der Waals surface area contributed by atoms with Gasteiger partial charge < -0.3 is 47.9 Å². The van der Waals surface area contributed by atoms with Crippen LogP contribution in [0.25, 0.3) is 11.3 Å². The fraction of sp³-hybridized carbons (Fsp3) is 0.372. The number of hydrogen-bond acceptors (Lipinski definition) is 12. The summed E-state index contributed by atoms with van der Waals surface area (Å²) in [6, 6.07) is 14.0. The molecule has 55 heavy (non-hydrogen) atoms. The molecule has 0 radical (unpaired) electrons. The number of rotatable bonds is 13. The first-order valence-corrected chi connectivity index (χ1v) is 18.2. The normalized spacial score (nSPS) is 16.6. The molecule has 0 amide bonds. The van der Waals surface area contributed by atoms with Crippen LogP contribution in [-0.4, -0.2) is 87.9 Å². The molecule has 0 aromatic heterocycles. The third-order valence-corrected chi connectivity index (χ3v) is 10.9. The molecule has 0 fully saturated rings. The lowest BCUT2D eigenvalue weighted by molar-refractivity contribution is -0.103. The monoisotopic (exact) mass is 752 g/mol. The standard InChI is InChI=1S/C43H48N2O10/c1-45-14-12-28-31(21-38(49-4)43(53-8)42(28)52-7)33(45)16-26-10-9-25(40(50-5)41(26)51-6)15-27-18-36-37(55-23-54-36)19-29(27)32(22-46)39-30-20-35(48-3)34(47-2)17-24(30)11-13-44-39/h9-10,17-22,33,44H,11-16,23H2,1-8H3/b39-32+/t33-/m1/s1. The summed E-state index contributed by atoms with van der Waals surface area (Å²) in [6.45, 7) is 1.58. The molecular formula is C43H48N2O10. The minimum Gasteiger partial charge on any atom is -0.493 e. The quantitative estimate of drug-likeness (QED) is 0.127. The number of allylic oxidation sites excluding steroid dienone is 1. The van der Waals surface area contributed by atoms with Gasteiger partial charge in [0.1, 0.15) is 0 Å². The largest absolute Gasteiger partial charge is 0.493 e. The van der Waals surface area contributed by atoms with Gasteiger partial charge in [-0.3, -0.25) is 9.69 Å². The molecule has 1 atom stereocenters. The first-order valence-electron chi connectivity index (χ1n) is 18.2. The maximum Gasteiger partial charge on any atom is 0.231 e. The molecule has 0 saturated carbocycles. The van der Waals surface area contributed by atoms with Gasteiger partial charge in [0, 0.05) is 47.8 Å². The Morgan fingerprint density at radius 1 is 0.745 bits per heavy atom. The molecular weight excluding hydrogens is 704 g/mol. The summed E-state index contributed by atoms with van der Waals surface area (Å²) in [5, 5.41) is 3.50. The van der Waals surface area contributed by atoms with Crippen molar-refractivity contribution in [3.05, 3.63) is 87.0 Å². The number of aldehydes is 1. The Morgan fingerprint density at radius 3 is 2.07 bits per heavy atom. The van der Waals surface area contributed by atoms with Gasteiger partial charge in [0.05, 0.1) is 55.5 Å². The summed E-state index contributed by atoms with van der Waals surface area (Å²) < 4.78 is 52.5. The lowest BCUT2D eigenvalue weighted by Gasteiger charge is -2.36. The Kier molecular flexibility index (Phi) is 10.9. The third kappa shape index (κ3) is 6.69. The Balaban J connectivity index is 1.31. The second kappa shape index (κ2) is 15.9. The summed E-state index contributed by atoms with van der Waals surface area (Å²) in [5.74, 6) is 5.58. The van der Waals surface area contributed by atoms with Crippen molar-refractivity contribution in [1.29, 1.82) is 0 Å². The number of fused-ring (bicyclic) bond motifs is 3. The van der Waals surface area contributed by atoms with E-state index in [1.807, 2.05) is 24.3 Å². The predicted molar refractivity (Wildman–Crippen MR) is 208 cm³/mol. The van der Waals surface area contributed by atoms with Crippen molar-refractivity contribution in [2.45, 2.75) is 31.7 Å². The molecule has 4 aromatic rings. The van der Waals surface area contributed by atoms with Crippen LogP contribution in [0.2, 0.25) is 0 Å². The zero-order valence-electron chi connectivity index (χ0n) is 32.7. The molecule has 3 aliphatic rings. The third-order valence-electron chi connectivity index (χ3n) is 10.9. The van der Waals surface area contributed by atoms with Crippen molar-refractivity contribution >= 4 is 17.6 Å². The highest BCUT2D eigenvalue weighted by atomic mass is 16.7. The number of nitrogens with zero attached hydrogens (tertiary/aromatic N) is 1. The van der Waals surface area contributed by atoms with Gasteiger partial charge in [0.2, 0.25) is 12.5 Å². The van der Waals surface area contributed by atoms with Gasteiger partial charge >= 0.3 is 0 Å². The molecule has 290 valence electrons. The summed E-state index contributed by atoms with van der Waals surface area (Å²) in [5.41, 5.74) is 8.78. The number of hydrogen-bond donors (Lipinski definition) is 1. The molecule has 0 aliphatic carbocycles. The van der Waals surface area contributed by atoms with Crippen LogP contribution in [0, 0.1) is 0 Å². The van der Waals surface area contributed by atoms with Gasteiger partial charge in [-0.1, -0.05) is 12.1 Å². The van der Waals surface area contributed by atoms with Crippen molar-refractivity contribution in [2.75, 3.05) is 76.7 Å². The predicted octanol–water partition coefficient (Wildman–Crippen LogP) is 6.05. The summed E-state index contributed by atoms with van der Waals surface area (Å²) in [6.07, 6.45) is 3.52. The zero-order valence-corrected chi connectivity index (χ0v) is 32.7. The highest BCUT2D eigenvalue weighted by molar-refractivity contribution is 6.18. The molecule has 12 nitrogen and oxygen atoms in total. The van der Waals surface area contributed by atoms with E-state index in [9.17, 15) is 4.79 Å². The molecule has 4 aromatic carbocycles. The van der Waals surface area contributed by atoms with E-state index in [2.05, 4.69) is 35.5 Å². The molecule has 0 spiro atoms. The average Bonchev–Trinajstić information content (AvgIpc) is 3.68. The number of benzene rings is 4. The number of likely N-dealkylation sites (N-methyl/N-ethyl adjacent to an activating group) is 1. The SMILES string of the molecule is COc1cc2c(cc1OC)/C(=C(/C=O)c1cc3c(cc1Cc1ccc(C[C@@H]4c5cc(OC)c(OC)c(OC)c5CCN4C)c(OC)c1OC)OCO3)NCC2. The van der Waals surface area contributed by atoms with E-state index in [-0.39, 0.29) is 12.8 Å². The first-order chi connectivity index (χ1) is 26.8. The summed E-state index contributed by atoms with van der Waals surface area (Å²) in [7, 11) is 13.6. The maximum absolute atomic E-state index is 13.2. The van der Waals surface area contributed by atoms with E-state index in [0.29, 0.717) is 88.0 Å². The molecule has 7 rings (SSSR count). The van der Waals surface area contributed by atoms with Crippen LogP contribution in [0.15, 0.2) is 42.5 Å². The van der Waals surface area contributed by atoms with Crippen LogP contribution < -0.4 is 47.9 Å². The maximum atomic E-state index is 13.2. The summed E-state index contributed by atoms with van der Waals surface area (Å²) in [4.78, 5) is 15.5. The van der Waals surface area contributed by atoms with Crippen LogP contribution in [0.4, 0.5) is 0 Å². The molecule has 0 unspecified atom stereocenters. The lowest BCUT2D eigenvalue weighted by Crippen LogP contribution is -2.34. The van der Waals surface area contributed by atoms with Crippen molar-refractivity contribution in [3.63, 3.8) is 0 Å². The van der Waals surface area contributed by atoms with Gasteiger partial charge in [-0.05, 0) is 84.5 Å². The van der Waals surface area contributed by atoms with Gasteiger partial charge in [-0.15, -0.1) is 0 Å². The highest BCUT2D eigenvalue weighted by Crippen LogP contribution is 2.49. The Morgan fingerprint density at radius 2 is 1.40 bits per heavy atom. The molecule has 0 bridgehead atoms. The van der Waals surface area contributed by atoms with Crippen LogP contribution >= 0.6 is 0 Å². The van der Waals surface area contributed by atoms with E-state index in [0.717, 1.165) is 64.6 Å². The fourth-order valence-electron chi connectivity index (χ4n) is 8.20. The second-order valence-electron chi connectivity index (χ2n) is 13.6. The van der Waals surface area contributed by atoms with E-state index in [1.54, 1.807) is 49.8 Å². The van der Waals surface area contributed by atoms with Gasteiger partial charge in [-0.2, -0.15) is 0 Å².